The number of carbonyl (C=O) groups is 4. The van der Waals surface area contributed by atoms with Gasteiger partial charge in [0.05, 0.1) is 6.04 Å². The van der Waals surface area contributed by atoms with Crippen molar-refractivity contribution in [2.45, 2.75) is 56.3 Å². The molecule has 0 bridgehead atoms. The molecule has 0 fully saturated rings. The molecule has 0 radical (unpaired) electrons. The minimum atomic E-state index is -1.27. The number of aliphatic carboxylic acids is 1. The predicted molar refractivity (Wildman–Crippen MR) is 185 cm³/mol. The second kappa shape index (κ2) is 17.3. The third-order valence-corrected chi connectivity index (χ3v) is 7.94. The van der Waals surface area contributed by atoms with Crippen molar-refractivity contribution < 1.29 is 29.4 Å². The van der Waals surface area contributed by atoms with Crippen LogP contribution in [0.2, 0.25) is 0 Å². The number of aromatic amines is 1. The van der Waals surface area contributed by atoms with E-state index in [1.165, 1.54) is 12.1 Å². The maximum Gasteiger partial charge on any atom is 0.326 e. The molecule has 14 nitrogen and oxygen atoms in total. The van der Waals surface area contributed by atoms with Crippen molar-refractivity contribution in [3.8, 4) is 5.75 Å². The van der Waals surface area contributed by atoms with E-state index in [0.717, 1.165) is 16.5 Å². The minimum absolute atomic E-state index is 0.0138. The molecule has 0 aliphatic rings. The Labute approximate surface area is 283 Å². The Morgan fingerprint density at radius 3 is 1.94 bits per heavy atom. The summed E-state index contributed by atoms with van der Waals surface area (Å²) in [5.41, 5.74) is 20.1. The first-order valence-electron chi connectivity index (χ1n) is 15.8. The van der Waals surface area contributed by atoms with Gasteiger partial charge in [-0.15, -0.1) is 0 Å². The number of hydrogen-bond donors (Lipinski definition) is 9. The number of benzene rings is 3. The van der Waals surface area contributed by atoms with Crippen molar-refractivity contribution in [2.75, 3.05) is 6.54 Å². The molecule has 1 heterocycles. The van der Waals surface area contributed by atoms with Crippen LogP contribution in [0.3, 0.4) is 0 Å². The first kappa shape index (κ1) is 36.0. The van der Waals surface area contributed by atoms with Crippen molar-refractivity contribution in [2.24, 2.45) is 22.2 Å². The second-order valence-electron chi connectivity index (χ2n) is 11.7. The van der Waals surface area contributed by atoms with Gasteiger partial charge in [-0.2, -0.15) is 0 Å². The zero-order valence-corrected chi connectivity index (χ0v) is 26.8. The summed E-state index contributed by atoms with van der Waals surface area (Å²) in [4.78, 5) is 59.9. The van der Waals surface area contributed by atoms with Crippen LogP contribution < -0.4 is 33.2 Å². The van der Waals surface area contributed by atoms with E-state index in [1.807, 2.05) is 24.3 Å². The number of guanidine groups is 1. The van der Waals surface area contributed by atoms with E-state index in [4.69, 9.17) is 17.2 Å². The topological polar surface area (TPSA) is 251 Å². The number of rotatable bonds is 17. The molecule has 4 aromatic rings. The SMILES string of the molecule is NC(N)=NCCCC(NC(=O)C(Cc1ccccc1)NC(=O)C(Cc1ccc(O)cc1)NC(=O)C(N)Cc1c[nH]c2ccccc12)C(=O)O. The fourth-order valence-electron chi connectivity index (χ4n) is 5.35. The number of phenolic OH excluding ortho intramolecular Hbond substituents is 1. The standard InChI is InChI=1S/C35H42N8O6/c36-26(19-23-20-40-27-10-5-4-9-25(23)27)31(45)42-29(18-22-12-14-24(44)15-13-22)33(47)43-30(17-21-7-2-1-3-8-21)32(46)41-28(34(48)49)11-6-16-39-35(37)38/h1-5,7-10,12-15,20,26,28-30,40,44H,6,11,16-19,36H2,(H,41,46)(H,42,45)(H,43,47)(H,48,49)(H4,37,38,39). The lowest BCUT2D eigenvalue weighted by atomic mass is 10.0. The zero-order chi connectivity index (χ0) is 35.3. The number of amides is 3. The third-order valence-electron chi connectivity index (χ3n) is 7.94. The van der Waals surface area contributed by atoms with Gasteiger partial charge in [0.15, 0.2) is 5.96 Å². The lowest BCUT2D eigenvalue weighted by molar-refractivity contribution is -0.142. The van der Waals surface area contributed by atoms with Gasteiger partial charge >= 0.3 is 5.97 Å². The summed E-state index contributed by atoms with van der Waals surface area (Å²) in [7, 11) is 0. The number of nitrogens with one attached hydrogen (secondary N) is 4. The largest absolute Gasteiger partial charge is 0.508 e. The number of nitrogens with two attached hydrogens (primary N) is 3. The van der Waals surface area contributed by atoms with Gasteiger partial charge in [0, 0.05) is 36.5 Å². The van der Waals surface area contributed by atoms with Gasteiger partial charge < -0.3 is 48.3 Å². The lowest BCUT2D eigenvalue weighted by Crippen LogP contribution is -2.58. The van der Waals surface area contributed by atoms with E-state index in [0.29, 0.717) is 11.1 Å². The van der Waals surface area contributed by atoms with Gasteiger partial charge in [-0.3, -0.25) is 19.4 Å². The molecule has 3 aromatic carbocycles. The van der Waals surface area contributed by atoms with Gasteiger partial charge in [0.2, 0.25) is 17.7 Å². The van der Waals surface area contributed by atoms with Gasteiger partial charge in [-0.05, 0) is 54.2 Å². The van der Waals surface area contributed by atoms with E-state index in [1.54, 1.807) is 48.7 Å². The highest BCUT2D eigenvalue weighted by atomic mass is 16.4. The van der Waals surface area contributed by atoms with Crippen molar-refractivity contribution in [3.63, 3.8) is 0 Å². The Morgan fingerprint density at radius 1 is 0.735 bits per heavy atom. The van der Waals surface area contributed by atoms with Crippen LogP contribution >= 0.6 is 0 Å². The molecule has 0 saturated heterocycles. The quantitative estimate of drug-likeness (QED) is 0.0437. The van der Waals surface area contributed by atoms with Crippen molar-refractivity contribution in [1.82, 2.24) is 20.9 Å². The van der Waals surface area contributed by atoms with Gasteiger partial charge in [-0.1, -0.05) is 60.7 Å². The molecule has 4 atom stereocenters. The second-order valence-corrected chi connectivity index (χ2v) is 11.7. The number of phenols is 1. The number of aliphatic imine (C=N–C) groups is 1. The summed E-state index contributed by atoms with van der Waals surface area (Å²) in [6.45, 7) is 0.174. The number of nitrogens with zero attached hydrogens (tertiary/aromatic N) is 1. The predicted octanol–water partition coefficient (Wildman–Crippen LogP) is 0.821. The van der Waals surface area contributed by atoms with Gasteiger partial charge in [-0.25, -0.2) is 4.79 Å². The highest BCUT2D eigenvalue weighted by Crippen LogP contribution is 2.19. The lowest BCUT2D eigenvalue weighted by Gasteiger charge is -2.25. The van der Waals surface area contributed by atoms with Crippen molar-refractivity contribution in [1.29, 1.82) is 0 Å². The molecular formula is C35H42N8O6. The number of carboxylic acids is 1. The average molecular weight is 671 g/mol. The number of carbonyl (C=O) groups excluding carboxylic acids is 3. The summed E-state index contributed by atoms with van der Waals surface area (Å²) in [6.07, 6.45) is 2.36. The van der Waals surface area contributed by atoms with Crippen LogP contribution in [0.15, 0.2) is 90.1 Å². The molecule has 4 unspecified atom stereocenters. The third kappa shape index (κ3) is 10.8. The van der Waals surface area contributed by atoms with Crippen LogP contribution in [0.25, 0.3) is 10.9 Å². The molecule has 12 N–H and O–H groups in total. The molecule has 0 saturated carbocycles. The number of fused-ring (bicyclic) bond motifs is 1. The zero-order valence-electron chi connectivity index (χ0n) is 26.8. The molecule has 14 heteroatoms. The molecule has 0 spiro atoms. The Hall–Kier alpha value is -5.89. The summed E-state index contributed by atoms with van der Waals surface area (Å²) in [6, 6.07) is 18.0. The molecule has 3 amide bonds. The molecule has 0 aliphatic carbocycles. The molecule has 49 heavy (non-hydrogen) atoms. The van der Waals surface area contributed by atoms with Crippen LogP contribution in [0.4, 0.5) is 0 Å². The number of para-hydroxylation sites is 1. The average Bonchev–Trinajstić information content (AvgIpc) is 3.49. The van der Waals surface area contributed by atoms with E-state index >= 15 is 0 Å². The number of H-pyrrole nitrogens is 1. The summed E-state index contributed by atoms with van der Waals surface area (Å²) >= 11 is 0. The van der Waals surface area contributed by atoms with Gasteiger partial charge in [0.25, 0.3) is 0 Å². The van der Waals surface area contributed by atoms with E-state index in [-0.39, 0.29) is 50.4 Å². The summed E-state index contributed by atoms with van der Waals surface area (Å²) in [5, 5.41) is 28.5. The number of aromatic hydroxyl groups is 1. The van der Waals surface area contributed by atoms with Crippen LogP contribution in [-0.2, 0) is 38.4 Å². The van der Waals surface area contributed by atoms with Crippen molar-refractivity contribution >= 4 is 40.6 Å². The van der Waals surface area contributed by atoms with Gasteiger partial charge in [0.1, 0.15) is 23.9 Å². The van der Waals surface area contributed by atoms with E-state index in [2.05, 4.69) is 25.9 Å². The number of aromatic nitrogens is 1. The smallest absolute Gasteiger partial charge is 0.326 e. The van der Waals surface area contributed by atoms with Crippen LogP contribution in [0.5, 0.6) is 5.75 Å². The Kier molecular flexibility index (Phi) is 12.7. The maximum absolute atomic E-state index is 13.9. The fourth-order valence-corrected chi connectivity index (χ4v) is 5.35. The van der Waals surface area contributed by atoms with Crippen LogP contribution in [-0.4, -0.2) is 75.6 Å². The number of carboxylic acid groups (broad SMARTS) is 1. The molecule has 4 rings (SSSR count). The normalized spacial score (nSPS) is 13.4. The first-order chi connectivity index (χ1) is 23.5. The van der Waals surface area contributed by atoms with E-state index in [9.17, 15) is 29.4 Å². The molecular weight excluding hydrogens is 628 g/mol. The Bertz CT molecular complexity index is 1750. The number of hydrogen-bond acceptors (Lipinski definition) is 7. The van der Waals surface area contributed by atoms with E-state index < -0.39 is 47.9 Å². The summed E-state index contributed by atoms with van der Waals surface area (Å²) < 4.78 is 0. The Balaban J connectivity index is 1.53. The van der Waals surface area contributed by atoms with Crippen LogP contribution in [0.1, 0.15) is 29.5 Å². The maximum atomic E-state index is 13.9. The van der Waals surface area contributed by atoms with Crippen LogP contribution in [0, 0.1) is 0 Å². The molecule has 1 aromatic heterocycles. The highest BCUT2D eigenvalue weighted by Gasteiger charge is 2.31. The fraction of sp³-hybridized carbons (Fsp3) is 0.286. The summed E-state index contributed by atoms with van der Waals surface area (Å²) in [5.74, 6) is -3.35. The monoisotopic (exact) mass is 670 g/mol. The van der Waals surface area contributed by atoms with Crippen molar-refractivity contribution in [3.05, 3.63) is 102 Å². The Morgan fingerprint density at radius 2 is 1.31 bits per heavy atom. The highest BCUT2D eigenvalue weighted by molar-refractivity contribution is 5.94. The first-order valence-corrected chi connectivity index (χ1v) is 15.8. The minimum Gasteiger partial charge on any atom is -0.508 e. The molecule has 258 valence electrons. The molecule has 0 aliphatic heterocycles.